The average molecular weight is 274 g/mol. The van der Waals surface area contributed by atoms with Gasteiger partial charge in [-0.05, 0) is 18.9 Å². The molecule has 1 aromatic carbocycles. The molecule has 2 rings (SSSR count). The Morgan fingerprint density at radius 2 is 1.95 bits per heavy atom. The third-order valence-electron chi connectivity index (χ3n) is 4.10. The summed E-state index contributed by atoms with van der Waals surface area (Å²) < 4.78 is 0. The Balaban J connectivity index is 1.83. The number of hydrogen-bond donors (Lipinski definition) is 0. The molecule has 1 heterocycles. The van der Waals surface area contributed by atoms with Crippen LogP contribution in [0.1, 0.15) is 26.3 Å². The van der Waals surface area contributed by atoms with E-state index in [1.54, 1.807) is 0 Å². The number of benzene rings is 1. The molecule has 1 amide bonds. The monoisotopic (exact) mass is 274 g/mol. The van der Waals surface area contributed by atoms with Crippen LogP contribution in [0, 0.1) is 5.92 Å². The molecule has 1 aliphatic heterocycles. The summed E-state index contributed by atoms with van der Waals surface area (Å²) in [4.78, 5) is 16.6. The number of piperazine rings is 1. The van der Waals surface area contributed by atoms with Crippen LogP contribution >= 0.6 is 0 Å². The van der Waals surface area contributed by atoms with Gasteiger partial charge in [0.05, 0.1) is 0 Å². The van der Waals surface area contributed by atoms with Crippen molar-refractivity contribution in [3.63, 3.8) is 0 Å². The van der Waals surface area contributed by atoms with E-state index >= 15 is 0 Å². The van der Waals surface area contributed by atoms with Crippen molar-refractivity contribution in [3.8, 4) is 0 Å². The molecule has 0 spiro atoms. The summed E-state index contributed by atoms with van der Waals surface area (Å²) in [5, 5.41) is 0. The van der Waals surface area contributed by atoms with Gasteiger partial charge in [-0.25, -0.2) is 0 Å². The van der Waals surface area contributed by atoms with E-state index in [4.69, 9.17) is 0 Å². The SMILES string of the molecule is CC(C)C(=O)N1CCN(CCc2ccccc2)C(C)C1. The fraction of sp³-hybridized carbons (Fsp3) is 0.588. The Morgan fingerprint density at radius 1 is 1.25 bits per heavy atom. The zero-order valence-corrected chi connectivity index (χ0v) is 12.9. The number of nitrogens with zero attached hydrogens (tertiary/aromatic N) is 2. The van der Waals surface area contributed by atoms with E-state index in [1.165, 1.54) is 5.56 Å². The van der Waals surface area contributed by atoms with Crippen molar-refractivity contribution in [3.05, 3.63) is 35.9 Å². The molecule has 1 atom stereocenters. The summed E-state index contributed by atoms with van der Waals surface area (Å²) >= 11 is 0. The first-order valence-electron chi connectivity index (χ1n) is 7.64. The van der Waals surface area contributed by atoms with Crippen molar-refractivity contribution in [1.82, 2.24) is 9.80 Å². The predicted octanol–water partition coefficient (Wildman–Crippen LogP) is 2.42. The van der Waals surface area contributed by atoms with Gasteiger partial charge in [-0.1, -0.05) is 44.2 Å². The zero-order valence-electron chi connectivity index (χ0n) is 12.9. The van der Waals surface area contributed by atoms with Crippen LogP contribution in [0.3, 0.4) is 0 Å². The second kappa shape index (κ2) is 6.89. The Kier molecular flexibility index (Phi) is 5.18. The lowest BCUT2D eigenvalue weighted by atomic mass is 10.1. The maximum Gasteiger partial charge on any atom is 0.225 e. The molecule has 1 aromatic rings. The number of carbonyl (C=O) groups excluding carboxylic acids is 1. The highest BCUT2D eigenvalue weighted by molar-refractivity contribution is 5.78. The molecule has 1 saturated heterocycles. The summed E-state index contributed by atoms with van der Waals surface area (Å²) in [5.74, 6) is 0.401. The molecule has 0 aromatic heterocycles. The van der Waals surface area contributed by atoms with Crippen LogP contribution in [0.5, 0.6) is 0 Å². The highest BCUT2D eigenvalue weighted by atomic mass is 16.2. The summed E-state index contributed by atoms with van der Waals surface area (Å²) in [7, 11) is 0. The lowest BCUT2D eigenvalue weighted by molar-refractivity contribution is -0.137. The molecule has 0 radical (unpaired) electrons. The zero-order chi connectivity index (χ0) is 14.5. The van der Waals surface area contributed by atoms with Crippen LogP contribution in [0.15, 0.2) is 30.3 Å². The first-order chi connectivity index (χ1) is 9.58. The first-order valence-corrected chi connectivity index (χ1v) is 7.64. The third-order valence-corrected chi connectivity index (χ3v) is 4.10. The molecule has 0 bridgehead atoms. The highest BCUT2D eigenvalue weighted by Crippen LogP contribution is 2.13. The summed E-state index contributed by atoms with van der Waals surface area (Å²) in [6.07, 6.45) is 1.09. The van der Waals surface area contributed by atoms with Crippen LogP contribution in [0.25, 0.3) is 0 Å². The van der Waals surface area contributed by atoms with E-state index < -0.39 is 0 Å². The maximum atomic E-state index is 12.0. The Hall–Kier alpha value is -1.35. The van der Waals surface area contributed by atoms with Gasteiger partial charge in [0, 0.05) is 38.1 Å². The van der Waals surface area contributed by atoms with Crippen LogP contribution in [-0.2, 0) is 11.2 Å². The van der Waals surface area contributed by atoms with Crippen molar-refractivity contribution >= 4 is 5.91 Å². The van der Waals surface area contributed by atoms with E-state index in [0.717, 1.165) is 32.6 Å². The van der Waals surface area contributed by atoms with Gasteiger partial charge in [0.1, 0.15) is 0 Å². The second-order valence-corrected chi connectivity index (χ2v) is 6.06. The Labute approximate surface area is 122 Å². The largest absolute Gasteiger partial charge is 0.340 e. The molecule has 20 heavy (non-hydrogen) atoms. The van der Waals surface area contributed by atoms with Crippen LogP contribution in [0.4, 0.5) is 0 Å². The maximum absolute atomic E-state index is 12.0. The molecular weight excluding hydrogens is 248 g/mol. The lowest BCUT2D eigenvalue weighted by Gasteiger charge is -2.40. The molecule has 3 heteroatoms. The molecule has 0 saturated carbocycles. The van der Waals surface area contributed by atoms with Gasteiger partial charge >= 0.3 is 0 Å². The molecule has 1 fully saturated rings. The quantitative estimate of drug-likeness (QED) is 0.842. The molecule has 110 valence electrons. The minimum Gasteiger partial charge on any atom is -0.340 e. The number of carbonyl (C=O) groups is 1. The smallest absolute Gasteiger partial charge is 0.225 e. The van der Waals surface area contributed by atoms with Crippen LogP contribution in [-0.4, -0.2) is 47.9 Å². The molecule has 3 nitrogen and oxygen atoms in total. The van der Waals surface area contributed by atoms with E-state index in [-0.39, 0.29) is 5.92 Å². The standard InChI is InChI=1S/C17H26N2O/c1-14(2)17(20)19-12-11-18(15(3)13-19)10-9-16-7-5-4-6-8-16/h4-8,14-15H,9-13H2,1-3H3. The van der Waals surface area contributed by atoms with Gasteiger partial charge in [0.2, 0.25) is 5.91 Å². The number of hydrogen-bond acceptors (Lipinski definition) is 2. The summed E-state index contributed by atoms with van der Waals surface area (Å²) in [6, 6.07) is 11.1. The minimum absolute atomic E-state index is 0.109. The van der Waals surface area contributed by atoms with E-state index in [9.17, 15) is 4.79 Å². The van der Waals surface area contributed by atoms with Gasteiger partial charge < -0.3 is 4.90 Å². The van der Waals surface area contributed by atoms with Crippen LogP contribution in [0.2, 0.25) is 0 Å². The average Bonchev–Trinajstić information content (AvgIpc) is 2.46. The first kappa shape index (κ1) is 15.0. The van der Waals surface area contributed by atoms with Crippen molar-refractivity contribution in [2.75, 3.05) is 26.2 Å². The van der Waals surface area contributed by atoms with Crippen molar-refractivity contribution in [2.24, 2.45) is 5.92 Å². The van der Waals surface area contributed by atoms with Crippen LogP contribution < -0.4 is 0 Å². The number of amides is 1. The Morgan fingerprint density at radius 3 is 2.55 bits per heavy atom. The molecule has 0 N–H and O–H groups in total. The van der Waals surface area contributed by atoms with Gasteiger partial charge in [-0.15, -0.1) is 0 Å². The second-order valence-electron chi connectivity index (χ2n) is 6.06. The van der Waals surface area contributed by atoms with Crippen molar-refractivity contribution in [2.45, 2.75) is 33.2 Å². The predicted molar refractivity (Wildman–Crippen MR) is 82.6 cm³/mol. The minimum atomic E-state index is 0.109. The molecule has 1 aliphatic rings. The fourth-order valence-electron chi connectivity index (χ4n) is 2.81. The molecule has 1 unspecified atom stereocenters. The van der Waals surface area contributed by atoms with E-state index in [1.807, 2.05) is 18.7 Å². The normalized spacial score (nSPS) is 20.4. The summed E-state index contributed by atoms with van der Waals surface area (Å²) in [5.41, 5.74) is 1.39. The van der Waals surface area contributed by atoms with Crippen molar-refractivity contribution in [1.29, 1.82) is 0 Å². The van der Waals surface area contributed by atoms with Gasteiger partial charge in [0.25, 0.3) is 0 Å². The fourth-order valence-corrected chi connectivity index (χ4v) is 2.81. The van der Waals surface area contributed by atoms with E-state index in [2.05, 4.69) is 42.2 Å². The third kappa shape index (κ3) is 3.83. The van der Waals surface area contributed by atoms with E-state index in [0.29, 0.717) is 11.9 Å². The lowest BCUT2D eigenvalue weighted by Crippen LogP contribution is -2.54. The molecule has 0 aliphatic carbocycles. The van der Waals surface area contributed by atoms with Gasteiger partial charge in [-0.3, -0.25) is 9.69 Å². The van der Waals surface area contributed by atoms with Gasteiger partial charge in [0.15, 0.2) is 0 Å². The number of rotatable bonds is 4. The highest BCUT2D eigenvalue weighted by Gasteiger charge is 2.27. The summed E-state index contributed by atoms with van der Waals surface area (Å²) in [6.45, 7) is 10.00. The Bertz CT molecular complexity index is 430. The molecular formula is C17H26N2O. The van der Waals surface area contributed by atoms with Crippen molar-refractivity contribution < 1.29 is 4.79 Å². The van der Waals surface area contributed by atoms with Gasteiger partial charge in [-0.2, -0.15) is 0 Å². The topological polar surface area (TPSA) is 23.6 Å².